The largest absolute Gasteiger partial charge is 0.462 e. The minimum absolute atomic E-state index is 0.0958. The molecule has 0 saturated heterocycles. The molecule has 0 spiro atoms. The van der Waals surface area contributed by atoms with E-state index in [1.54, 1.807) is 0 Å². The molecule has 1 aromatic heterocycles. The zero-order chi connectivity index (χ0) is 23.1. The van der Waals surface area contributed by atoms with Gasteiger partial charge in [-0.1, -0.05) is 11.6 Å². The SMILES string of the molecule is CCOC(=O)c1cn(CCC(O)(P(=O)(O)O)P(=O)(O)O)c2cc(Cl)c(F)cc2c1=O. The Balaban J connectivity index is 2.71. The first-order chi connectivity index (χ1) is 13.6. The zero-order valence-electron chi connectivity index (χ0n) is 15.2. The van der Waals surface area contributed by atoms with Crippen molar-refractivity contribution in [1.29, 1.82) is 0 Å². The zero-order valence-corrected chi connectivity index (χ0v) is 17.8. The Labute approximate surface area is 173 Å². The number of aliphatic hydroxyl groups is 1. The summed E-state index contributed by atoms with van der Waals surface area (Å²) in [5, 5.41) is 5.54. The summed E-state index contributed by atoms with van der Waals surface area (Å²) in [7, 11) is -11.5. The van der Waals surface area contributed by atoms with Crippen molar-refractivity contribution in [1.82, 2.24) is 4.57 Å². The molecule has 2 aromatic rings. The molecular formula is C15H17ClFNO10P2. The number of ether oxygens (including phenoxy) is 1. The fraction of sp³-hybridized carbons (Fsp3) is 0.333. The van der Waals surface area contributed by atoms with Crippen molar-refractivity contribution in [3.8, 4) is 0 Å². The Morgan fingerprint density at radius 2 is 1.80 bits per heavy atom. The molecule has 0 saturated carbocycles. The molecule has 1 heterocycles. The van der Waals surface area contributed by atoms with E-state index in [2.05, 4.69) is 0 Å². The summed E-state index contributed by atoms with van der Waals surface area (Å²) in [6.45, 7) is 0.677. The molecule has 0 fully saturated rings. The normalized spacial score (nSPS) is 12.9. The van der Waals surface area contributed by atoms with E-state index in [0.717, 1.165) is 22.9 Å². The molecule has 0 radical (unpaired) electrons. The van der Waals surface area contributed by atoms with Gasteiger partial charge in [0.25, 0.3) is 5.08 Å². The van der Waals surface area contributed by atoms with Crippen LogP contribution in [-0.4, -0.2) is 46.9 Å². The lowest BCUT2D eigenvalue weighted by Gasteiger charge is -2.29. The van der Waals surface area contributed by atoms with E-state index in [-0.39, 0.29) is 17.5 Å². The first-order valence-electron chi connectivity index (χ1n) is 8.17. The minimum Gasteiger partial charge on any atom is -0.462 e. The maximum Gasteiger partial charge on any atom is 0.369 e. The number of carbonyl (C=O) groups is 1. The smallest absolute Gasteiger partial charge is 0.369 e. The van der Waals surface area contributed by atoms with Crippen LogP contribution < -0.4 is 5.43 Å². The molecule has 0 aliphatic rings. The molecule has 0 aliphatic heterocycles. The van der Waals surface area contributed by atoms with Crippen LogP contribution in [-0.2, 0) is 20.4 Å². The fourth-order valence-corrected chi connectivity index (χ4v) is 4.95. The lowest BCUT2D eigenvalue weighted by atomic mass is 10.1. The third-order valence-electron chi connectivity index (χ3n) is 4.24. The Kier molecular flexibility index (Phi) is 6.97. The van der Waals surface area contributed by atoms with E-state index in [0.29, 0.717) is 0 Å². The van der Waals surface area contributed by atoms with Crippen molar-refractivity contribution in [2.24, 2.45) is 0 Å². The van der Waals surface area contributed by atoms with E-state index < -0.39 is 61.0 Å². The number of aromatic nitrogens is 1. The van der Waals surface area contributed by atoms with Crippen LogP contribution in [0, 0.1) is 5.82 Å². The highest BCUT2D eigenvalue weighted by atomic mass is 35.5. The second-order valence-electron chi connectivity index (χ2n) is 6.18. The van der Waals surface area contributed by atoms with Crippen LogP contribution in [0.3, 0.4) is 0 Å². The molecular weight excluding hydrogens is 471 g/mol. The first-order valence-corrected chi connectivity index (χ1v) is 11.8. The van der Waals surface area contributed by atoms with Gasteiger partial charge in [0, 0.05) is 24.5 Å². The molecule has 0 amide bonds. The number of esters is 1. The molecule has 5 N–H and O–H groups in total. The number of hydrogen-bond donors (Lipinski definition) is 5. The van der Waals surface area contributed by atoms with E-state index >= 15 is 0 Å². The molecule has 1 aromatic carbocycles. The average molecular weight is 488 g/mol. The van der Waals surface area contributed by atoms with E-state index in [4.69, 9.17) is 16.3 Å². The quantitative estimate of drug-likeness (QED) is 0.282. The second-order valence-corrected chi connectivity index (χ2v) is 10.6. The van der Waals surface area contributed by atoms with Gasteiger partial charge in [-0.05, 0) is 19.1 Å². The van der Waals surface area contributed by atoms with Gasteiger partial charge in [0.05, 0.1) is 17.1 Å². The van der Waals surface area contributed by atoms with Gasteiger partial charge in [-0.2, -0.15) is 0 Å². The highest BCUT2D eigenvalue weighted by molar-refractivity contribution is 7.72. The molecule has 0 bridgehead atoms. The van der Waals surface area contributed by atoms with Crippen molar-refractivity contribution < 1.29 is 47.7 Å². The lowest BCUT2D eigenvalue weighted by molar-refractivity contribution is 0.0523. The second kappa shape index (κ2) is 8.49. The van der Waals surface area contributed by atoms with E-state index in [1.165, 1.54) is 6.92 Å². The van der Waals surface area contributed by atoms with Gasteiger partial charge in [-0.25, -0.2) is 9.18 Å². The molecule has 166 valence electrons. The van der Waals surface area contributed by atoms with Crippen LogP contribution in [0.15, 0.2) is 23.1 Å². The number of pyridine rings is 1. The highest BCUT2D eigenvalue weighted by Gasteiger charge is 2.58. The Morgan fingerprint density at radius 1 is 1.23 bits per heavy atom. The monoisotopic (exact) mass is 487 g/mol. The van der Waals surface area contributed by atoms with Crippen LogP contribution in [0.4, 0.5) is 4.39 Å². The molecule has 0 unspecified atom stereocenters. The molecule has 30 heavy (non-hydrogen) atoms. The summed E-state index contributed by atoms with van der Waals surface area (Å²) in [6, 6.07) is 1.72. The third-order valence-corrected chi connectivity index (χ3v) is 8.40. The summed E-state index contributed by atoms with van der Waals surface area (Å²) < 4.78 is 42.7. The number of fused-ring (bicyclic) bond motifs is 1. The van der Waals surface area contributed by atoms with Gasteiger partial charge >= 0.3 is 21.2 Å². The van der Waals surface area contributed by atoms with Gasteiger partial charge in [0.15, 0.2) is 0 Å². The molecule has 0 aliphatic carbocycles. The predicted octanol–water partition coefficient (Wildman–Crippen LogP) is 1.36. The van der Waals surface area contributed by atoms with Crippen LogP contribution >= 0.6 is 26.8 Å². The van der Waals surface area contributed by atoms with Crippen LogP contribution in [0.25, 0.3) is 10.9 Å². The number of nitrogens with zero attached hydrogens (tertiary/aromatic N) is 1. The molecule has 11 nitrogen and oxygen atoms in total. The Hall–Kier alpha value is -1.62. The number of halogens is 2. The van der Waals surface area contributed by atoms with Crippen molar-refractivity contribution in [2.75, 3.05) is 6.61 Å². The van der Waals surface area contributed by atoms with E-state index in [9.17, 15) is 47.8 Å². The van der Waals surface area contributed by atoms with Gasteiger partial charge in [0.1, 0.15) is 11.4 Å². The molecule has 15 heteroatoms. The van der Waals surface area contributed by atoms with Crippen molar-refractivity contribution in [2.45, 2.75) is 25.0 Å². The standard InChI is InChI=1S/C15H17ClFNO10P2/c1-2-28-14(20)9-7-18(4-3-15(21,29(22,23)24)30(25,26)27)12-6-10(16)11(17)5-8(12)13(9)19/h5-7,21H,2-4H2,1H3,(H2,22,23,24)(H2,25,26,27). The lowest BCUT2D eigenvalue weighted by Crippen LogP contribution is -2.31. The predicted molar refractivity (Wildman–Crippen MR) is 103 cm³/mol. The summed E-state index contributed by atoms with van der Waals surface area (Å²) in [5.74, 6) is -2.07. The topological polar surface area (TPSA) is 184 Å². The number of benzene rings is 1. The number of carbonyl (C=O) groups excluding carboxylic acids is 1. The number of hydrogen-bond acceptors (Lipinski definition) is 6. The first kappa shape index (κ1) is 24.6. The summed E-state index contributed by atoms with van der Waals surface area (Å²) in [4.78, 5) is 61.7. The Bertz CT molecular complexity index is 1130. The summed E-state index contributed by atoms with van der Waals surface area (Å²) >= 11 is 5.72. The fourth-order valence-electron chi connectivity index (χ4n) is 2.66. The van der Waals surface area contributed by atoms with Gasteiger partial charge < -0.3 is 34.0 Å². The van der Waals surface area contributed by atoms with Crippen molar-refractivity contribution in [3.05, 3.63) is 45.0 Å². The average Bonchev–Trinajstić information content (AvgIpc) is 2.60. The van der Waals surface area contributed by atoms with Gasteiger partial charge in [0.2, 0.25) is 5.43 Å². The van der Waals surface area contributed by atoms with Crippen LogP contribution in [0.1, 0.15) is 23.7 Å². The van der Waals surface area contributed by atoms with Gasteiger partial charge in [-0.15, -0.1) is 0 Å². The molecule has 2 rings (SSSR count). The Morgan fingerprint density at radius 3 is 2.30 bits per heavy atom. The maximum atomic E-state index is 13.9. The van der Waals surface area contributed by atoms with Crippen LogP contribution in [0.2, 0.25) is 5.02 Å². The molecule has 0 atom stereocenters. The van der Waals surface area contributed by atoms with Crippen molar-refractivity contribution in [3.63, 3.8) is 0 Å². The highest BCUT2D eigenvalue weighted by Crippen LogP contribution is 2.69. The maximum absolute atomic E-state index is 13.9. The minimum atomic E-state index is -5.74. The number of rotatable bonds is 7. The van der Waals surface area contributed by atoms with Gasteiger partial charge in [-0.3, -0.25) is 13.9 Å². The third kappa shape index (κ3) is 4.51. The van der Waals surface area contributed by atoms with Crippen LogP contribution in [0.5, 0.6) is 0 Å². The van der Waals surface area contributed by atoms with E-state index in [1.807, 2.05) is 0 Å². The summed E-state index contributed by atoms with van der Waals surface area (Å²) in [5.41, 5.74) is -1.60. The van der Waals surface area contributed by atoms with Crippen molar-refractivity contribution >= 4 is 43.7 Å². The summed E-state index contributed by atoms with van der Waals surface area (Å²) in [6.07, 6.45) is -0.284. The number of aryl methyl sites for hydroxylation is 1.